The van der Waals surface area contributed by atoms with Crippen LogP contribution in [0, 0.1) is 5.92 Å². The standard InChI is InChI=1S/C7H14OS/c1-7(2)6-9-5-3-4-8/h3,5,7-8H,4,6H2,1-2H3/b5-3+. The average Bonchev–Trinajstić information content (AvgIpc) is 1.80. The second kappa shape index (κ2) is 6.17. The molecule has 0 fully saturated rings. The maximum atomic E-state index is 8.33. The summed E-state index contributed by atoms with van der Waals surface area (Å²) in [6.45, 7) is 4.52. The van der Waals surface area contributed by atoms with E-state index in [-0.39, 0.29) is 6.61 Å². The molecule has 0 aromatic heterocycles. The molecule has 0 aromatic carbocycles. The van der Waals surface area contributed by atoms with Crippen molar-refractivity contribution in [3.63, 3.8) is 0 Å². The Balaban J connectivity index is 2.99. The van der Waals surface area contributed by atoms with E-state index in [1.165, 1.54) is 0 Å². The molecule has 0 saturated carbocycles. The maximum Gasteiger partial charge on any atom is 0.0620 e. The molecule has 0 spiro atoms. The first kappa shape index (κ1) is 9.05. The summed E-state index contributed by atoms with van der Waals surface area (Å²) in [6, 6.07) is 0. The first-order valence-corrected chi connectivity index (χ1v) is 4.19. The van der Waals surface area contributed by atoms with Crippen LogP contribution in [0.1, 0.15) is 13.8 Å². The van der Waals surface area contributed by atoms with Gasteiger partial charge in [0.05, 0.1) is 6.61 Å². The van der Waals surface area contributed by atoms with Crippen molar-refractivity contribution in [3.05, 3.63) is 11.5 Å². The minimum Gasteiger partial charge on any atom is -0.392 e. The van der Waals surface area contributed by atoms with Crippen molar-refractivity contribution in [3.8, 4) is 0 Å². The van der Waals surface area contributed by atoms with Crippen LogP contribution in [0.25, 0.3) is 0 Å². The van der Waals surface area contributed by atoms with Crippen LogP contribution in [0.5, 0.6) is 0 Å². The van der Waals surface area contributed by atoms with Crippen LogP contribution in [0.15, 0.2) is 11.5 Å². The van der Waals surface area contributed by atoms with Gasteiger partial charge in [0, 0.05) is 0 Å². The van der Waals surface area contributed by atoms with Crippen molar-refractivity contribution in [2.24, 2.45) is 5.92 Å². The van der Waals surface area contributed by atoms with Gasteiger partial charge in [-0.2, -0.15) is 0 Å². The molecule has 54 valence electrons. The Bertz CT molecular complexity index is 79.0. The van der Waals surface area contributed by atoms with Crippen molar-refractivity contribution in [1.29, 1.82) is 0 Å². The molecule has 0 bridgehead atoms. The largest absolute Gasteiger partial charge is 0.392 e. The summed E-state index contributed by atoms with van der Waals surface area (Å²) < 4.78 is 0. The van der Waals surface area contributed by atoms with Crippen molar-refractivity contribution < 1.29 is 5.11 Å². The molecule has 0 unspecified atom stereocenters. The molecule has 0 heterocycles. The highest BCUT2D eigenvalue weighted by atomic mass is 32.2. The van der Waals surface area contributed by atoms with Crippen molar-refractivity contribution in [1.82, 2.24) is 0 Å². The Morgan fingerprint density at radius 1 is 1.56 bits per heavy atom. The SMILES string of the molecule is CC(C)CS/C=C/CO. The van der Waals surface area contributed by atoms with Gasteiger partial charge in [-0.05, 0) is 17.1 Å². The summed E-state index contributed by atoms with van der Waals surface area (Å²) in [5.41, 5.74) is 0. The van der Waals surface area contributed by atoms with E-state index in [1.54, 1.807) is 17.8 Å². The topological polar surface area (TPSA) is 20.2 Å². The van der Waals surface area contributed by atoms with Gasteiger partial charge in [-0.25, -0.2) is 0 Å². The lowest BCUT2D eigenvalue weighted by atomic mass is 10.3. The lowest BCUT2D eigenvalue weighted by Gasteiger charge is -1.97. The number of rotatable bonds is 4. The van der Waals surface area contributed by atoms with Crippen molar-refractivity contribution >= 4 is 11.8 Å². The van der Waals surface area contributed by atoms with E-state index in [0.717, 1.165) is 11.7 Å². The van der Waals surface area contributed by atoms with E-state index >= 15 is 0 Å². The van der Waals surface area contributed by atoms with Gasteiger partial charge in [0.1, 0.15) is 0 Å². The summed E-state index contributed by atoms with van der Waals surface area (Å²) in [7, 11) is 0. The minimum atomic E-state index is 0.158. The molecule has 1 N–H and O–H groups in total. The van der Waals surface area contributed by atoms with E-state index in [1.807, 2.05) is 5.41 Å². The van der Waals surface area contributed by atoms with E-state index in [9.17, 15) is 0 Å². The molecule has 0 aliphatic heterocycles. The van der Waals surface area contributed by atoms with E-state index in [4.69, 9.17) is 5.11 Å². The fraction of sp³-hybridized carbons (Fsp3) is 0.714. The smallest absolute Gasteiger partial charge is 0.0620 e. The van der Waals surface area contributed by atoms with Crippen LogP contribution in [0.4, 0.5) is 0 Å². The third-order valence-corrected chi connectivity index (χ3v) is 1.97. The Morgan fingerprint density at radius 3 is 2.67 bits per heavy atom. The molecule has 0 saturated heterocycles. The van der Waals surface area contributed by atoms with Crippen LogP contribution >= 0.6 is 11.8 Å². The summed E-state index contributed by atoms with van der Waals surface area (Å²) in [6.07, 6.45) is 1.76. The van der Waals surface area contributed by atoms with Gasteiger partial charge in [0.15, 0.2) is 0 Å². The number of hydrogen-bond donors (Lipinski definition) is 1. The number of hydrogen-bond acceptors (Lipinski definition) is 2. The minimum absolute atomic E-state index is 0.158. The first-order chi connectivity index (χ1) is 4.27. The quantitative estimate of drug-likeness (QED) is 0.653. The summed E-state index contributed by atoms with van der Waals surface area (Å²) in [4.78, 5) is 0. The molecule has 0 amide bonds. The van der Waals surface area contributed by atoms with Gasteiger partial charge in [0.2, 0.25) is 0 Å². The fourth-order valence-electron chi connectivity index (χ4n) is 0.359. The van der Waals surface area contributed by atoms with Crippen LogP contribution in [0.3, 0.4) is 0 Å². The second-order valence-electron chi connectivity index (χ2n) is 2.28. The predicted octanol–water partition coefficient (Wildman–Crippen LogP) is 1.88. The number of aliphatic hydroxyl groups excluding tert-OH is 1. The second-order valence-corrected chi connectivity index (χ2v) is 3.22. The zero-order valence-electron chi connectivity index (χ0n) is 6.00. The summed E-state index contributed by atoms with van der Waals surface area (Å²) in [5, 5.41) is 10.3. The van der Waals surface area contributed by atoms with Crippen LogP contribution in [-0.4, -0.2) is 17.5 Å². The molecule has 0 rings (SSSR count). The van der Waals surface area contributed by atoms with Crippen LogP contribution in [0.2, 0.25) is 0 Å². The van der Waals surface area contributed by atoms with E-state index in [0.29, 0.717) is 0 Å². The monoisotopic (exact) mass is 146 g/mol. The van der Waals surface area contributed by atoms with Gasteiger partial charge in [-0.15, -0.1) is 11.8 Å². The van der Waals surface area contributed by atoms with Gasteiger partial charge < -0.3 is 5.11 Å². The van der Waals surface area contributed by atoms with Crippen LogP contribution in [-0.2, 0) is 0 Å². The third-order valence-electron chi connectivity index (χ3n) is 0.727. The van der Waals surface area contributed by atoms with E-state index in [2.05, 4.69) is 13.8 Å². The third kappa shape index (κ3) is 8.05. The molecule has 1 nitrogen and oxygen atoms in total. The first-order valence-electron chi connectivity index (χ1n) is 3.15. The summed E-state index contributed by atoms with van der Waals surface area (Å²) in [5.74, 6) is 1.87. The zero-order chi connectivity index (χ0) is 7.11. The molecular formula is C7H14OS. The number of thioether (sulfide) groups is 1. The van der Waals surface area contributed by atoms with Gasteiger partial charge in [-0.3, -0.25) is 0 Å². The molecule has 0 radical (unpaired) electrons. The van der Waals surface area contributed by atoms with Gasteiger partial charge in [0.25, 0.3) is 0 Å². The highest BCUT2D eigenvalue weighted by Crippen LogP contribution is 2.07. The molecule has 2 heteroatoms. The lowest BCUT2D eigenvalue weighted by molar-refractivity contribution is 0.343. The summed E-state index contributed by atoms with van der Waals surface area (Å²) >= 11 is 1.75. The van der Waals surface area contributed by atoms with Crippen LogP contribution < -0.4 is 0 Å². The normalized spacial score (nSPS) is 11.6. The molecule has 0 aromatic rings. The van der Waals surface area contributed by atoms with Crippen molar-refractivity contribution in [2.75, 3.05) is 12.4 Å². The highest BCUT2D eigenvalue weighted by molar-refractivity contribution is 8.02. The van der Waals surface area contributed by atoms with Crippen molar-refractivity contribution in [2.45, 2.75) is 13.8 Å². The molecule has 0 atom stereocenters. The molecule has 0 aliphatic rings. The Labute approximate surface area is 61.2 Å². The average molecular weight is 146 g/mol. The fourth-order valence-corrected chi connectivity index (χ4v) is 1.08. The Kier molecular flexibility index (Phi) is 6.21. The van der Waals surface area contributed by atoms with Gasteiger partial charge in [-0.1, -0.05) is 19.9 Å². The number of aliphatic hydroxyl groups is 1. The predicted molar refractivity (Wildman–Crippen MR) is 43.5 cm³/mol. The Hall–Kier alpha value is 0.0500. The maximum absolute atomic E-state index is 8.33. The Morgan fingerprint density at radius 2 is 2.22 bits per heavy atom. The lowest BCUT2D eigenvalue weighted by Crippen LogP contribution is -1.87. The zero-order valence-corrected chi connectivity index (χ0v) is 6.82. The van der Waals surface area contributed by atoms with Gasteiger partial charge >= 0.3 is 0 Å². The molecule has 9 heavy (non-hydrogen) atoms. The highest BCUT2D eigenvalue weighted by Gasteiger charge is 1.88. The van der Waals surface area contributed by atoms with E-state index < -0.39 is 0 Å². The molecular weight excluding hydrogens is 132 g/mol. The molecule has 0 aliphatic carbocycles.